The minimum Gasteiger partial charge on any atom is -0.311 e. The molecule has 0 spiro atoms. The molecule has 2 heterocycles. The van der Waals surface area contributed by atoms with Crippen LogP contribution in [0.3, 0.4) is 0 Å². The predicted molar refractivity (Wildman–Crippen MR) is 65.3 cm³/mol. The maximum atomic E-state index is 11.2. The Bertz CT molecular complexity index is 453. The van der Waals surface area contributed by atoms with Crippen LogP contribution in [0.25, 0.3) is 0 Å². The molecular weight excluding hydrogens is 244 g/mol. The minimum absolute atomic E-state index is 0.282. The van der Waals surface area contributed by atoms with Crippen molar-refractivity contribution in [2.24, 2.45) is 5.92 Å². The molecule has 1 unspecified atom stereocenters. The maximum absolute atomic E-state index is 11.2. The van der Waals surface area contributed by atoms with Crippen LogP contribution in [0.15, 0.2) is 5.38 Å². The summed E-state index contributed by atoms with van der Waals surface area (Å²) in [6.45, 7) is 3.49. The molecule has 16 heavy (non-hydrogen) atoms. The van der Waals surface area contributed by atoms with Gasteiger partial charge in [0.2, 0.25) is 0 Å². The zero-order chi connectivity index (χ0) is 11.6. The molecule has 0 amide bonds. The molecule has 0 radical (unpaired) electrons. The fourth-order valence-electron chi connectivity index (χ4n) is 1.93. The lowest BCUT2D eigenvalue weighted by atomic mass is 10.1. The van der Waals surface area contributed by atoms with Crippen molar-refractivity contribution in [3.05, 3.63) is 16.1 Å². The van der Waals surface area contributed by atoms with Crippen LogP contribution in [0.2, 0.25) is 0 Å². The summed E-state index contributed by atoms with van der Waals surface area (Å²) in [5.41, 5.74) is 1.04. The van der Waals surface area contributed by atoms with E-state index >= 15 is 0 Å². The van der Waals surface area contributed by atoms with Crippen molar-refractivity contribution < 1.29 is 8.42 Å². The molecular formula is C10H16N2O2S2. The summed E-state index contributed by atoms with van der Waals surface area (Å²) in [4.78, 5) is 4.34. The van der Waals surface area contributed by atoms with Crippen molar-refractivity contribution in [3.63, 3.8) is 0 Å². The van der Waals surface area contributed by atoms with Crippen LogP contribution in [0.5, 0.6) is 0 Å². The monoisotopic (exact) mass is 260 g/mol. The predicted octanol–water partition coefficient (Wildman–Crippen LogP) is 0.976. The second-order valence-electron chi connectivity index (χ2n) is 4.26. The summed E-state index contributed by atoms with van der Waals surface area (Å²) in [6, 6.07) is 0. The van der Waals surface area contributed by atoms with Gasteiger partial charge in [0.25, 0.3) is 0 Å². The Morgan fingerprint density at radius 1 is 1.62 bits per heavy atom. The van der Waals surface area contributed by atoms with Gasteiger partial charge in [0.1, 0.15) is 0 Å². The van der Waals surface area contributed by atoms with Crippen LogP contribution in [-0.4, -0.2) is 31.5 Å². The molecule has 1 aliphatic rings. The summed E-state index contributed by atoms with van der Waals surface area (Å²) < 4.78 is 22.5. The van der Waals surface area contributed by atoms with Crippen LogP contribution in [0.4, 0.5) is 0 Å². The first-order valence-electron chi connectivity index (χ1n) is 5.37. The lowest BCUT2D eigenvalue weighted by Crippen LogP contribution is -2.23. The molecule has 1 aromatic heterocycles. The van der Waals surface area contributed by atoms with Crippen molar-refractivity contribution in [3.8, 4) is 0 Å². The molecule has 1 aromatic rings. The second-order valence-corrected chi connectivity index (χ2v) is 7.55. The first-order valence-corrected chi connectivity index (χ1v) is 8.07. The Morgan fingerprint density at radius 2 is 2.44 bits per heavy atom. The molecule has 90 valence electrons. The van der Waals surface area contributed by atoms with Gasteiger partial charge in [-0.15, -0.1) is 11.3 Å². The van der Waals surface area contributed by atoms with E-state index in [2.05, 4.69) is 10.3 Å². The molecule has 1 saturated heterocycles. The molecule has 6 heteroatoms. The van der Waals surface area contributed by atoms with Crippen LogP contribution in [0, 0.1) is 12.8 Å². The van der Waals surface area contributed by atoms with Crippen molar-refractivity contribution in [2.75, 3.05) is 18.1 Å². The molecule has 1 aliphatic heterocycles. The first kappa shape index (κ1) is 12.0. The molecule has 0 bridgehead atoms. The Morgan fingerprint density at radius 3 is 3.00 bits per heavy atom. The zero-order valence-electron chi connectivity index (χ0n) is 9.27. The van der Waals surface area contributed by atoms with Gasteiger partial charge in [0.15, 0.2) is 9.84 Å². The number of nitrogens with one attached hydrogen (secondary N) is 1. The van der Waals surface area contributed by atoms with Crippen molar-refractivity contribution in [2.45, 2.75) is 19.9 Å². The fraction of sp³-hybridized carbons (Fsp3) is 0.700. The van der Waals surface area contributed by atoms with Gasteiger partial charge in [-0.25, -0.2) is 13.4 Å². The largest absolute Gasteiger partial charge is 0.311 e. The number of hydrogen-bond acceptors (Lipinski definition) is 5. The summed E-state index contributed by atoms with van der Waals surface area (Å²) >= 11 is 1.64. The Labute approximate surface area is 100 Å². The van der Waals surface area contributed by atoms with E-state index in [1.807, 2.05) is 12.3 Å². The normalized spacial score (nSPS) is 23.7. The van der Waals surface area contributed by atoms with Crippen LogP contribution < -0.4 is 5.32 Å². The van der Waals surface area contributed by atoms with E-state index in [-0.39, 0.29) is 5.92 Å². The number of rotatable bonds is 4. The standard InChI is InChI=1S/C10H16N2O2S2/c1-8-12-10(6-15-8)5-11-4-9-2-3-16(13,14)7-9/h6,9,11H,2-5,7H2,1H3. The van der Waals surface area contributed by atoms with Gasteiger partial charge in [-0.2, -0.15) is 0 Å². The molecule has 1 fully saturated rings. The Kier molecular flexibility index (Phi) is 3.61. The average Bonchev–Trinajstić information content (AvgIpc) is 2.73. The molecule has 2 rings (SSSR count). The zero-order valence-corrected chi connectivity index (χ0v) is 10.9. The summed E-state index contributed by atoms with van der Waals surface area (Å²) in [5, 5.41) is 6.38. The average molecular weight is 260 g/mol. The van der Waals surface area contributed by atoms with Crippen LogP contribution in [0.1, 0.15) is 17.1 Å². The van der Waals surface area contributed by atoms with Crippen molar-refractivity contribution >= 4 is 21.2 Å². The molecule has 4 nitrogen and oxygen atoms in total. The number of hydrogen-bond donors (Lipinski definition) is 1. The van der Waals surface area contributed by atoms with Gasteiger partial charge in [-0.1, -0.05) is 0 Å². The molecule has 0 aliphatic carbocycles. The SMILES string of the molecule is Cc1nc(CNCC2CCS(=O)(=O)C2)cs1. The van der Waals surface area contributed by atoms with Crippen LogP contribution >= 0.6 is 11.3 Å². The number of aryl methyl sites for hydroxylation is 1. The number of nitrogens with zero attached hydrogens (tertiary/aromatic N) is 1. The van der Waals surface area contributed by atoms with E-state index in [4.69, 9.17) is 0 Å². The highest BCUT2D eigenvalue weighted by Gasteiger charge is 2.27. The highest BCUT2D eigenvalue weighted by molar-refractivity contribution is 7.91. The van der Waals surface area contributed by atoms with Gasteiger partial charge < -0.3 is 5.32 Å². The first-order chi connectivity index (χ1) is 7.55. The number of sulfone groups is 1. The Balaban J connectivity index is 1.73. The van der Waals surface area contributed by atoms with Crippen molar-refractivity contribution in [1.29, 1.82) is 0 Å². The molecule has 0 saturated carbocycles. The minimum atomic E-state index is -2.74. The third-order valence-electron chi connectivity index (χ3n) is 2.73. The van der Waals surface area contributed by atoms with Crippen molar-refractivity contribution in [1.82, 2.24) is 10.3 Å². The lowest BCUT2D eigenvalue weighted by Gasteiger charge is -2.07. The van der Waals surface area contributed by atoms with E-state index in [9.17, 15) is 8.42 Å². The molecule has 0 aromatic carbocycles. The summed E-state index contributed by atoms with van der Waals surface area (Å²) in [7, 11) is -2.74. The Hall–Kier alpha value is -0.460. The number of aromatic nitrogens is 1. The van der Waals surface area contributed by atoms with Gasteiger partial charge in [-0.3, -0.25) is 0 Å². The highest BCUT2D eigenvalue weighted by atomic mass is 32.2. The van der Waals surface area contributed by atoms with Crippen LogP contribution in [-0.2, 0) is 16.4 Å². The van der Waals surface area contributed by atoms with Gasteiger partial charge in [-0.05, 0) is 25.8 Å². The fourth-order valence-corrected chi connectivity index (χ4v) is 4.40. The van der Waals surface area contributed by atoms with Gasteiger partial charge >= 0.3 is 0 Å². The highest BCUT2D eigenvalue weighted by Crippen LogP contribution is 2.17. The van der Waals surface area contributed by atoms with E-state index < -0.39 is 9.84 Å². The topological polar surface area (TPSA) is 59.1 Å². The third kappa shape index (κ3) is 3.26. The van der Waals surface area contributed by atoms with Gasteiger partial charge in [0, 0.05) is 11.9 Å². The van der Waals surface area contributed by atoms with E-state index in [1.165, 1.54) is 0 Å². The summed E-state index contributed by atoms with van der Waals surface area (Å²) in [5.74, 6) is 0.982. The van der Waals surface area contributed by atoms with E-state index in [0.717, 1.165) is 30.2 Å². The van der Waals surface area contributed by atoms with Gasteiger partial charge in [0.05, 0.1) is 22.2 Å². The smallest absolute Gasteiger partial charge is 0.150 e. The molecule has 1 atom stereocenters. The second kappa shape index (κ2) is 4.81. The third-order valence-corrected chi connectivity index (χ3v) is 5.39. The summed E-state index contributed by atoms with van der Waals surface area (Å²) in [6.07, 6.45) is 0.797. The quantitative estimate of drug-likeness (QED) is 0.876. The van der Waals surface area contributed by atoms with E-state index in [1.54, 1.807) is 11.3 Å². The molecule has 1 N–H and O–H groups in total. The van der Waals surface area contributed by atoms with E-state index in [0.29, 0.717) is 11.5 Å². The lowest BCUT2D eigenvalue weighted by molar-refractivity contribution is 0.518. The maximum Gasteiger partial charge on any atom is 0.150 e. The number of thiazole rings is 1.